The SMILES string of the molecule is NC(=O)c1cccc(C[C@H]2CCN(C(=O)CCN3Cc4ccccc4C3)C2)c1. The minimum Gasteiger partial charge on any atom is -0.366 e. The van der Waals surface area contributed by atoms with Crippen molar-refractivity contribution in [2.75, 3.05) is 19.6 Å². The summed E-state index contributed by atoms with van der Waals surface area (Å²) in [6.45, 7) is 4.35. The predicted octanol–water partition coefficient (Wildman–Crippen LogP) is 2.58. The van der Waals surface area contributed by atoms with Gasteiger partial charge in [-0.2, -0.15) is 0 Å². The van der Waals surface area contributed by atoms with Gasteiger partial charge in [0.25, 0.3) is 0 Å². The van der Waals surface area contributed by atoms with Crippen molar-refractivity contribution < 1.29 is 9.59 Å². The topological polar surface area (TPSA) is 66.6 Å². The predicted molar refractivity (Wildman–Crippen MR) is 109 cm³/mol. The van der Waals surface area contributed by atoms with Gasteiger partial charge in [-0.15, -0.1) is 0 Å². The molecule has 0 spiro atoms. The Morgan fingerprint density at radius 3 is 2.50 bits per heavy atom. The van der Waals surface area contributed by atoms with Gasteiger partial charge in [-0.1, -0.05) is 36.4 Å². The van der Waals surface area contributed by atoms with E-state index in [1.54, 1.807) is 6.07 Å². The summed E-state index contributed by atoms with van der Waals surface area (Å²) in [4.78, 5) is 28.4. The summed E-state index contributed by atoms with van der Waals surface area (Å²) in [7, 11) is 0. The van der Waals surface area contributed by atoms with E-state index in [1.807, 2.05) is 23.1 Å². The van der Waals surface area contributed by atoms with Crippen LogP contribution in [0.4, 0.5) is 0 Å². The van der Waals surface area contributed by atoms with Crippen molar-refractivity contribution in [3.63, 3.8) is 0 Å². The molecular weight excluding hydrogens is 350 g/mol. The summed E-state index contributed by atoms with van der Waals surface area (Å²) in [5, 5.41) is 0. The van der Waals surface area contributed by atoms with Crippen molar-refractivity contribution in [2.24, 2.45) is 11.7 Å². The van der Waals surface area contributed by atoms with Gasteiger partial charge >= 0.3 is 0 Å². The molecule has 1 saturated heterocycles. The molecule has 2 aromatic carbocycles. The minimum absolute atomic E-state index is 0.254. The Balaban J connectivity index is 1.25. The average molecular weight is 377 g/mol. The van der Waals surface area contributed by atoms with Gasteiger partial charge in [-0.3, -0.25) is 14.5 Å². The number of fused-ring (bicyclic) bond motifs is 1. The number of carbonyl (C=O) groups is 2. The molecular formula is C23H27N3O2. The number of rotatable bonds is 6. The second kappa shape index (κ2) is 8.15. The number of nitrogens with two attached hydrogens (primary N) is 1. The van der Waals surface area contributed by atoms with Gasteiger partial charge in [0, 0.05) is 44.7 Å². The van der Waals surface area contributed by atoms with E-state index in [9.17, 15) is 9.59 Å². The summed E-state index contributed by atoms with van der Waals surface area (Å²) >= 11 is 0. The number of hydrogen-bond acceptors (Lipinski definition) is 3. The Bertz CT molecular complexity index is 855. The van der Waals surface area contributed by atoms with E-state index in [0.717, 1.165) is 51.1 Å². The summed E-state index contributed by atoms with van der Waals surface area (Å²) < 4.78 is 0. The van der Waals surface area contributed by atoms with Crippen LogP contribution in [-0.2, 0) is 24.3 Å². The van der Waals surface area contributed by atoms with E-state index in [2.05, 4.69) is 29.2 Å². The lowest BCUT2D eigenvalue weighted by Crippen LogP contribution is -2.32. The summed E-state index contributed by atoms with van der Waals surface area (Å²) in [6, 6.07) is 16.0. The van der Waals surface area contributed by atoms with Crippen LogP contribution in [0.3, 0.4) is 0 Å². The Morgan fingerprint density at radius 1 is 1.04 bits per heavy atom. The van der Waals surface area contributed by atoms with Crippen LogP contribution in [0.25, 0.3) is 0 Å². The number of hydrogen-bond donors (Lipinski definition) is 1. The normalized spacial score (nSPS) is 19.0. The van der Waals surface area contributed by atoms with Crippen LogP contribution >= 0.6 is 0 Å². The zero-order chi connectivity index (χ0) is 19.5. The molecule has 1 fully saturated rings. The van der Waals surface area contributed by atoms with Crippen LogP contribution in [0, 0.1) is 5.92 Å². The highest BCUT2D eigenvalue weighted by Gasteiger charge is 2.27. The van der Waals surface area contributed by atoms with Crippen molar-refractivity contribution in [1.29, 1.82) is 0 Å². The second-order valence-corrected chi connectivity index (χ2v) is 7.99. The zero-order valence-electron chi connectivity index (χ0n) is 16.1. The molecule has 0 bridgehead atoms. The van der Waals surface area contributed by atoms with E-state index in [-0.39, 0.29) is 5.91 Å². The standard InChI is InChI=1S/C23H27N3O2/c24-23(28)19-7-3-4-17(13-19)12-18-8-11-26(14-18)22(27)9-10-25-15-20-5-1-2-6-21(20)16-25/h1-7,13,18H,8-12,14-16H2,(H2,24,28)/t18-/m1/s1. The maximum atomic E-state index is 12.7. The molecule has 0 radical (unpaired) electrons. The molecule has 2 N–H and O–H groups in total. The smallest absolute Gasteiger partial charge is 0.248 e. The summed E-state index contributed by atoms with van der Waals surface area (Å²) in [5.74, 6) is 0.307. The third-order valence-electron chi connectivity index (χ3n) is 5.92. The Morgan fingerprint density at radius 2 is 1.79 bits per heavy atom. The van der Waals surface area contributed by atoms with E-state index in [1.165, 1.54) is 11.1 Å². The van der Waals surface area contributed by atoms with Gasteiger partial charge in [-0.05, 0) is 47.6 Å². The maximum absolute atomic E-state index is 12.7. The Kier molecular flexibility index (Phi) is 5.44. The lowest BCUT2D eigenvalue weighted by Gasteiger charge is -2.19. The third kappa shape index (κ3) is 4.25. The molecule has 2 aliphatic heterocycles. The largest absolute Gasteiger partial charge is 0.366 e. The molecule has 28 heavy (non-hydrogen) atoms. The van der Waals surface area contributed by atoms with Crippen LogP contribution in [0.5, 0.6) is 0 Å². The number of amides is 2. The molecule has 2 aliphatic rings. The van der Waals surface area contributed by atoms with Gasteiger partial charge in [-0.25, -0.2) is 0 Å². The second-order valence-electron chi connectivity index (χ2n) is 7.99. The number of carbonyl (C=O) groups excluding carboxylic acids is 2. The first-order valence-corrected chi connectivity index (χ1v) is 10.0. The molecule has 5 nitrogen and oxygen atoms in total. The fourth-order valence-corrected chi connectivity index (χ4v) is 4.38. The number of benzene rings is 2. The van der Waals surface area contributed by atoms with Crippen LogP contribution in [0.15, 0.2) is 48.5 Å². The van der Waals surface area contributed by atoms with Gasteiger partial charge in [0.15, 0.2) is 0 Å². The molecule has 1 atom stereocenters. The highest BCUT2D eigenvalue weighted by atomic mass is 16.2. The number of primary amides is 1. The van der Waals surface area contributed by atoms with Gasteiger partial charge in [0.1, 0.15) is 0 Å². The molecule has 2 amide bonds. The van der Waals surface area contributed by atoms with Crippen molar-refractivity contribution in [2.45, 2.75) is 32.4 Å². The third-order valence-corrected chi connectivity index (χ3v) is 5.92. The monoisotopic (exact) mass is 377 g/mol. The fourth-order valence-electron chi connectivity index (χ4n) is 4.38. The van der Waals surface area contributed by atoms with Gasteiger partial charge in [0.05, 0.1) is 0 Å². The first kappa shape index (κ1) is 18.7. The molecule has 4 rings (SSSR count). The molecule has 2 aromatic rings. The van der Waals surface area contributed by atoms with Crippen molar-refractivity contribution in [3.8, 4) is 0 Å². The highest BCUT2D eigenvalue weighted by Crippen LogP contribution is 2.24. The van der Waals surface area contributed by atoms with Crippen LogP contribution in [0.2, 0.25) is 0 Å². The molecule has 146 valence electrons. The van der Waals surface area contributed by atoms with E-state index in [4.69, 9.17) is 5.73 Å². The lowest BCUT2D eigenvalue weighted by molar-refractivity contribution is -0.130. The summed E-state index contributed by atoms with van der Waals surface area (Å²) in [5.41, 5.74) is 9.80. The van der Waals surface area contributed by atoms with Crippen LogP contribution in [-0.4, -0.2) is 41.2 Å². The zero-order valence-corrected chi connectivity index (χ0v) is 16.1. The highest BCUT2D eigenvalue weighted by molar-refractivity contribution is 5.92. The fraction of sp³-hybridized carbons (Fsp3) is 0.391. The quantitative estimate of drug-likeness (QED) is 0.841. The first-order chi connectivity index (χ1) is 13.6. The van der Waals surface area contributed by atoms with Gasteiger partial charge in [0.2, 0.25) is 11.8 Å². The first-order valence-electron chi connectivity index (χ1n) is 10.0. The minimum atomic E-state index is -0.394. The van der Waals surface area contributed by atoms with Crippen molar-refractivity contribution >= 4 is 11.8 Å². The average Bonchev–Trinajstić information content (AvgIpc) is 3.33. The van der Waals surface area contributed by atoms with E-state index < -0.39 is 5.91 Å². The Labute approximate surface area is 166 Å². The lowest BCUT2D eigenvalue weighted by atomic mass is 9.97. The molecule has 2 heterocycles. The van der Waals surface area contributed by atoms with Gasteiger partial charge < -0.3 is 10.6 Å². The maximum Gasteiger partial charge on any atom is 0.248 e. The molecule has 0 aliphatic carbocycles. The van der Waals surface area contributed by atoms with E-state index in [0.29, 0.717) is 17.9 Å². The molecule has 0 saturated carbocycles. The summed E-state index contributed by atoms with van der Waals surface area (Å²) in [6.07, 6.45) is 2.48. The van der Waals surface area contributed by atoms with Crippen molar-refractivity contribution in [3.05, 3.63) is 70.8 Å². The molecule has 0 unspecified atom stereocenters. The van der Waals surface area contributed by atoms with E-state index >= 15 is 0 Å². The van der Waals surface area contributed by atoms with Crippen LogP contribution < -0.4 is 5.73 Å². The molecule has 0 aromatic heterocycles. The van der Waals surface area contributed by atoms with Crippen molar-refractivity contribution in [1.82, 2.24) is 9.80 Å². The van der Waals surface area contributed by atoms with Crippen LogP contribution in [0.1, 0.15) is 39.9 Å². The molecule has 5 heteroatoms. The number of likely N-dealkylation sites (tertiary alicyclic amines) is 1. The Hall–Kier alpha value is -2.66. The number of nitrogens with zero attached hydrogens (tertiary/aromatic N) is 2.